The van der Waals surface area contributed by atoms with Gasteiger partial charge in [-0.3, -0.25) is 0 Å². The summed E-state index contributed by atoms with van der Waals surface area (Å²) in [5.74, 6) is -1.68. The lowest BCUT2D eigenvalue weighted by atomic mass is 9.83. The van der Waals surface area contributed by atoms with Crippen molar-refractivity contribution in [3.8, 4) is 17.1 Å². The van der Waals surface area contributed by atoms with Crippen molar-refractivity contribution in [1.82, 2.24) is 15.3 Å². The average molecular weight is 519 g/mol. The minimum Gasteiger partial charge on any atom is -0.494 e. The van der Waals surface area contributed by atoms with Gasteiger partial charge in [0, 0.05) is 25.7 Å². The van der Waals surface area contributed by atoms with E-state index in [0.29, 0.717) is 43.7 Å². The Kier molecular flexibility index (Phi) is 8.29. The molecule has 0 aliphatic carbocycles. The van der Waals surface area contributed by atoms with Gasteiger partial charge in [-0.05, 0) is 30.9 Å². The van der Waals surface area contributed by atoms with Gasteiger partial charge in [0.1, 0.15) is 11.9 Å². The van der Waals surface area contributed by atoms with Crippen LogP contribution in [-0.4, -0.2) is 53.3 Å². The molecule has 2 N–H and O–H groups in total. The highest BCUT2D eigenvalue weighted by atomic mass is 19.3. The van der Waals surface area contributed by atoms with Crippen LogP contribution < -0.4 is 15.0 Å². The lowest BCUT2D eigenvalue weighted by molar-refractivity contribution is -0.0657. The van der Waals surface area contributed by atoms with E-state index in [1.807, 2.05) is 42.2 Å². The van der Waals surface area contributed by atoms with Crippen molar-refractivity contribution in [2.24, 2.45) is 0 Å². The maximum atomic E-state index is 14.6. The van der Waals surface area contributed by atoms with Crippen molar-refractivity contribution in [1.29, 1.82) is 0 Å². The van der Waals surface area contributed by atoms with Crippen LogP contribution in [0.4, 0.5) is 23.2 Å². The number of aliphatic hydroxyl groups excluding tert-OH is 1. The first-order valence-corrected chi connectivity index (χ1v) is 12.2. The van der Waals surface area contributed by atoms with Crippen LogP contribution in [0, 0.1) is 11.6 Å². The van der Waals surface area contributed by atoms with Crippen LogP contribution in [0.2, 0.25) is 0 Å². The summed E-state index contributed by atoms with van der Waals surface area (Å²) < 4.78 is 61.3. The Labute approximate surface area is 213 Å². The molecule has 0 radical (unpaired) electrons. The molecule has 2 heterocycles. The van der Waals surface area contributed by atoms with E-state index in [1.165, 1.54) is 13.3 Å². The van der Waals surface area contributed by atoms with E-state index in [2.05, 4.69) is 15.3 Å². The average Bonchev–Trinajstić information content (AvgIpc) is 2.92. The molecule has 10 heteroatoms. The normalized spacial score (nSPS) is 18.8. The summed E-state index contributed by atoms with van der Waals surface area (Å²) in [5, 5.41) is 13.8. The molecule has 3 aromatic rings. The number of anilines is 1. The highest BCUT2D eigenvalue weighted by Crippen LogP contribution is 2.34. The number of benzene rings is 2. The second-order valence-corrected chi connectivity index (χ2v) is 9.15. The second kappa shape index (κ2) is 11.4. The standard InChI is InChI=1S/C27H30F4N4O2/c1-3-21-22(15-32-26(34-21)18-12-20(29)23(37-2)13-19(18)28)35-11-7-10-27(16-35,24(36)25(30)31)33-14-17-8-5-4-6-9-17/h4-6,8-9,12-13,15,24-25,33,36H,3,7,10-11,14,16H2,1-2H3/t24-,27-/m1/s1. The highest BCUT2D eigenvalue weighted by Gasteiger charge is 2.46. The molecule has 2 aromatic carbocycles. The minimum absolute atomic E-state index is 0.0118. The number of aliphatic hydroxyl groups is 1. The van der Waals surface area contributed by atoms with Crippen molar-refractivity contribution < 1.29 is 27.4 Å². The third-order valence-corrected chi connectivity index (χ3v) is 6.82. The zero-order valence-electron chi connectivity index (χ0n) is 20.7. The van der Waals surface area contributed by atoms with E-state index in [1.54, 1.807) is 0 Å². The van der Waals surface area contributed by atoms with Crippen LogP contribution in [0.5, 0.6) is 5.75 Å². The molecule has 0 amide bonds. The van der Waals surface area contributed by atoms with Crippen LogP contribution in [0.15, 0.2) is 48.7 Å². The van der Waals surface area contributed by atoms with E-state index in [4.69, 9.17) is 4.74 Å². The molecule has 0 saturated carbocycles. The first kappa shape index (κ1) is 26.8. The lowest BCUT2D eigenvalue weighted by Crippen LogP contribution is -2.65. The third kappa shape index (κ3) is 5.70. The van der Waals surface area contributed by atoms with Gasteiger partial charge in [-0.1, -0.05) is 37.3 Å². The summed E-state index contributed by atoms with van der Waals surface area (Å²) in [7, 11) is 1.25. The molecule has 0 spiro atoms. The topological polar surface area (TPSA) is 70.5 Å². The number of aromatic nitrogens is 2. The van der Waals surface area contributed by atoms with Gasteiger partial charge in [0.25, 0.3) is 6.43 Å². The number of hydrogen-bond donors (Lipinski definition) is 2. The SMILES string of the molecule is CCc1nc(-c2cc(F)c(OC)cc2F)ncc1N1CCC[C@](NCc2ccccc2)([C@H](O)C(F)F)C1. The van der Waals surface area contributed by atoms with Crippen LogP contribution in [-0.2, 0) is 13.0 Å². The van der Waals surface area contributed by atoms with Gasteiger partial charge in [0.15, 0.2) is 17.4 Å². The van der Waals surface area contributed by atoms with Crippen LogP contribution in [0.3, 0.4) is 0 Å². The summed E-state index contributed by atoms with van der Waals surface area (Å²) in [6, 6.07) is 11.3. The van der Waals surface area contributed by atoms with Gasteiger partial charge in [-0.15, -0.1) is 0 Å². The Morgan fingerprint density at radius 3 is 2.59 bits per heavy atom. The molecular weight excluding hydrogens is 488 g/mol. The van der Waals surface area contributed by atoms with Gasteiger partial charge in [-0.2, -0.15) is 0 Å². The molecule has 0 bridgehead atoms. The third-order valence-electron chi connectivity index (χ3n) is 6.82. The number of rotatable bonds is 9. The quantitative estimate of drug-likeness (QED) is 0.399. The lowest BCUT2D eigenvalue weighted by Gasteiger charge is -2.47. The Bertz CT molecular complexity index is 1210. The summed E-state index contributed by atoms with van der Waals surface area (Å²) in [6.45, 7) is 2.83. The van der Waals surface area contributed by atoms with Crippen LogP contribution in [0.1, 0.15) is 31.0 Å². The fourth-order valence-corrected chi connectivity index (χ4v) is 4.82. The smallest absolute Gasteiger partial charge is 0.265 e. The number of ether oxygens (including phenoxy) is 1. The molecule has 2 atom stereocenters. The van der Waals surface area contributed by atoms with Gasteiger partial charge in [0.05, 0.1) is 35.8 Å². The molecule has 0 unspecified atom stereocenters. The van der Waals surface area contributed by atoms with Crippen LogP contribution in [0.25, 0.3) is 11.4 Å². The van der Waals surface area contributed by atoms with E-state index < -0.39 is 29.7 Å². The molecule has 6 nitrogen and oxygen atoms in total. The molecular formula is C27H30F4N4O2. The number of nitrogens with zero attached hydrogens (tertiary/aromatic N) is 3. The second-order valence-electron chi connectivity index (χ2n) is 9.15. The fraction of sp³-hybridized carbons (Fsp3) is 0.407. The summed E-state index contributed by atoms with van der Waals surface area (Å²) in [5.41, 5.74) is 0.706. The van der Waals surface area contributed by atoms with Gasteiger partial charge < -0.3 is 20.1 Å². The number of aryl methyl sites for hydroxylation is 1. The predicted molar refractivity (Wildman–Crippen MR) is 133 cm³/mol. The maximum Gasteiger partial charge on any atom is 0.265 e. The Morgan fingerprint density at radius 1 is 1.16 bits per heavy atom. The molecule has 37 heavy (non-hydrogen) atoms. The van der Waals surface area contributed by atoms with Crippen molar-refractivity contribution in [2.75, 3.05) is 25.1 Å². The predicted octanol–water partition coefficient (Wildman–Crippen LogP) is 4.75. The van der Waals surface area contributed by atoms with Gasteiger partial charge in [-0.25, -0.2) is 27.5 Å². The molecule has 1 fully saturated rings. The van der Waals surface area contributed by atoms with Gasteiger partial charge in [0.2, 0.25) is 0 Å². The number of nitrogens with one attached hydrogen (secondary N) is 1. The molecule has 1 aliphatic heterocycles. The summed E-state index contributed by atoms with van der Waals surface area (Å²) in [6.07, 6.45) is -1.96. The number of hydrogen-bond acceptors (Lipinski definition) is 6. The fourth-order valence-electron chi connectivity index (χ4n) is 4.82. The first-order chi connectivity index (χ1) is 17.8. The molecule has 198 valence electrons. The highest BCUT2D eigenvalue weighted by molar-refractivity contribution is 5.61. The number of halogens is 4. The summed E-state index contributed by atoms with van der Waals surface area (Å²) in [4.78, 5) is 10.6. The van der Waals surface area contributed by atoms with Crippen molar-refractivity contribution in [3.05, 3.63) is 71.6 Å². The molecule has 1 aliphatic rings. The van der Waals surface area contributed by atoms with E-state index >= 15 is 0 Å². The van der Waals surface area contributed by atoms with E-state index in [0.717, 1.165) is 17.7 Å². The van der Waals surface area contributed by atoms with Crippen molar-refractivity contribution in [2.45, 2.75) is 50.8 Å². The monoisotopic (exact) mass is 518 g/mol. The largest absolute Gasteiger partial charge is 0.494 e. The van der Waals surface area contributed by atoms with E-state index in [-0.39, 0.29) is 23.7 Å². The molecule has 4 rings (SSSR count). The van der Waals surface area contributed by atoms with Crippen molar-refractivity contribution in [3.63, 3.8) is 0 Å². The number of methoxy groups -OCH3 is 1. The summed E-state index contributed by atoms with van der Waals surface area (Å²) >= 11 is 0. The van der Waals surface area contributed by atoms with Gasteiger partial charge >= 0.3 is 0 Å². The number of alkyl halides is 2. The number of piperidine rings is 1. The van der Waals surface area contributed by atoms with Crippen molar-refractivity contribution >= 4 is 5.69 Å². The maximum absolute atomic E-state index is 14.6. The molecule has 1 aromatic heterocycles. The van der Waals surface area contributed by atoms with E-state index in [9.17, 15) is 22.7 Å². The minimum atomic E-state index is -2.93. The zero-order chi connectivity index (χ0) is 26.6. The zero-order valence-corrected chi connectivity index (χ0v) is 20.7. The van der Waals surface area contributed by atoms with Crippen LogP contribution >= 0.6 is 0 Å². The molecule has 1 saturated heterocycles. The Morgan fingerprint density at radius 2 is 1.92 bits per heavy atom. The Hall–Kier alpha value is -3.24. The Balaban J connectivity index is 1.64. The first-order valence-electron chi connectivity index (χ1n) is 12.2.